The molecule has 4 heteroatoms. The molecule has 2 heterocycles. The van der Waals surface area contributed by atoms with Gasteiger partial charge >= 0.3 is 0 Å². The fourth-order valence-corrected chi connectivity index (χ4v) is 1.83. The van der Waals surface area contributed by atoms with Gasteiger partial charge in [0.15, 0.2) is 5.75 Å². The van der Waals surface area contributed by atoms with Crippen LogP contribution in [0.4, 0.5) is 0 Å². The number of ether oxygens (including phenoxy) is 2. The first kappa shape index (κ1) is 11.2. The third kappa shape index (κ3) is 2.85. The molecule has 1 aliphatic rings. The van der Waals surface area contributed by atoms with E-state index in [2.05, 4.69) is 10.3 Å². The fraction of sp³-hybridized carbons (Fsp3) is 0.583. The summed E-state index contributed by atoms with van der Waals surface area (Å²) in [4.78, 5) is 4.18. The normalized spacial score (nSPS) is 19.7. The predicted octanol–water partition coefficient (Wildman–Crippen LogP) is 1.61. The first-order chi connectivity index (χ1) is 7.90. The Morgan fingerprint density at radius 1 is 1.50 bits per heavy atom. The van der Waals surface area contributed by atoms with Crippen LogP contribution in [0.2, 0.25) is 0 Å². The van der Waals surface area contributed by atoms with Gasteiger partial charge in [0.2, 0.25) is 0 Å². The van der Waals surface area contributed by atoms with Gasteiger partial charge in [0.1, 0.15) is 6.61 Å². The topological polar surface area (TPSA) is 43.4 Å². The Labute approximate surface area is 96.0 Å². The Morgan fingerprint density at radius 3 is 3.19 bits per heavy atom. The summed E-state index contributed by atoms with van der Waals surface area (Å²) in [6.45, 7) is 4.34. The van der Waals surface area contributed by atoms with Gasteiger partial charge in [-0.2, -0.15) is 0 Å². The summed E-state index contributed by atoms with van der Waals surface area (Å²) in [5.41, 5.74) is 0. The molecule has 0 saturated carbocycles. The lowest BCUT2D eigenvalue weighted by molar-refractivity contribution is 0.243. The van der Waals surface area contributed by atoms with Crippen molar-refractivity contribution in [3.8, 4) is 11.6 Å². The minimum absolute atomic E-state index is 0.455. The van der Waals surface area contributed by atoms with Gasteiger partial charge < -0.3 is 14.8 Å². The van der Waals surface area contributed by atoms with Crippen LogP contribution >= 0.6 is 0 Å². The number of hydrogen-bond donors (Lipinski definition) is 1. The van der Waals surface area contributed by atoms with Gasteiger partial charge in [-0.05, 0) is 38.4 Å². The number of aromatic nitrogens is 1. The quantitative estimate of drug-likeness (QED) is 0.822. The highest BCUT2D eigenvalue weighted by Gasteiger charge is 2.15. The van der Waals surface area contributed by atoms with Gasteiger partial charge in [-0.25, -0.2) is 4.98 Å². The maximum absolute atomic E-state index is 5.68. The molecular formula is C12H18N2O2. The van der Waals surface area contributed by atoms with Crippen LogP contribution in [0, 0.1) is 0 Å². The number of nitrogens with zero attached hydrogens (tertiary/aromatic N) is 1. The van der Waals surface area contributed by atoms with Crippen molar-refractivity contribution in [2.75, 3.05) is 19.8 Å². The molecular weight excluding hydrogens is 204 g/mol. The van der Waals surface area contributed by atoms with E-state index < -0.39 is 0 Å². The third-order valence-corrected chi connectivity index (χ3v) is 2.62. The van der Waals surface area contributed by atoms with E-state index in [0.29, 0.717) is 25.1 Å². The van der Waals surface area contributed by atoms with Crippen LogP contribution in [0.1, 0.15) is 19.8 Å². The van der Waals surface area contributed by atoms with Crippen molar-refractivity contribution in [3.05, 3.63) is 18.3 Å². The lowest BCUT2D eigenvalue weighted by atomic mass is 10.2. The van der Waals surface area contributed by atoms with Gasteiger partial charge in [0, 0.05) is 12.2 Å². The molecule has 1 aliphatic heterocycles. The van der Waals surface area contributed by atoms with E-state index in [4.69, 9.17) is 9.47 Å². The van der Waals surface area contributed by atoms with E-state index in [9.17, 15) is 0 Å². The molecule has 0 bridgehead atoms. The molecule has 1 fully saturated rings. The van der Waals surface area contributed by atoms with Crippen LogP contribution in [0.5, 0.6) is 11.6 Å². The summed E-state index contributed by atoms with van der Waals surface area (Å²) < 4.78 is 11.1. The van der Waals surface area contributed by atoms with Crippen molar-refractivity contribution in [1.29, 1.82) is 0 Å². The van der Waals surface area contributed by atoms with Gasteiger partial charge in [-0.1, -0.05) is 0 Å². The monoisotopic (exact) mass is 222 g/mol. The predicted molar refractivity (Wildman–Crippen MR) is 61.9 cm³/mol. The van der Waals surface area contributed by atoms with Crippen LogP contribution in [-0.4, -0.2) is 30.8 Å². The van der Waals surface area contributed by atoms with Crippen molar-refractivity contribution in [3.63, 3.8) is 0 Å². The Bertz CT molecular complexity index is 325. The summed E-state index contributed by atoms with van der Waals surface area (Å²) in [7, 11) is 0. The minimum atomic E-state index is 0.455. The molecule has 16 heavy (non-hydrogen) atoms. The molecule has 1 aromatic heterocycles. The molecule has 0 amide bonds. The average Bonchev–Trinajstić information content (AvgIpc) is 2.81. The number of nitrogens with one attached hydrogen (secondary N) is 1. The van der Waals surface area contributed by atoms with Gasteiger partial charge in [0.25, 0.3) is 5.88 Å². The summed E-state index contributed by atoms with van der Waals surface area (Å²) in [6.07, 6.45) is 4.13. The Morgan fingerprint density at radius 2 is 2.44 bits per heavy atom. The first-order valence-corrected chi connectivity index (χ1v) is 5.84. The fourth-order valence-electron chi connectivity index (χ4n) is 1.83. The van der Waals surface area contributed by atoms with E-state index in [-0.39, 0.29) is 0 Å². The van der Waals surface area contributed by atoms with Gasteiger partial charge in [0.05, 0.1) is 6.61 Å². The van der Waals surface area contributed by atoms with E-state index >= 15 is 0 Å². The van der Waals surface area contributed by atoms with Crippen LogP contribution < -0.4 is 14.8 Å². The molecule has 1 saturated heterocycles. The zero-order valence-electron chi connectivity index (χ0n) is 9.61. The zero-order chi connectivity index (χ0) is 11.2. The molecule has 0 aliphatic carbocycles. The van der Waals surface area contributed by atoms with Crippen molar-refractivity contribution >= 4 is 0 Å². The minimum Gasteiger partial charge on any atom is -0.488 e. The molecule has 1 unspecified atom stereocenters. The van der Waals surface area contributed by atoms with Crippen molar-refractivity contribution in [1.82, 2.24) is 10.3 Å². The second-order valence-electron chi connectivity index (χ2n) is 3.84. The first-order valence-electron chi connectivity index (χ1n) is 5.84. The van der Waals surface area contributed by atoms with Gasteiger partial charge in [-0.3, -0.25) is 0 Å². The van der Waals surface area contributed by atoms with Crippen LogP contribution in [0.15, 0.2) is 18.3 Å². The molecule has 0 radical (unpaired) electrons. The highest BCUT2D eigenvalue weighted by atomic mass is 16.5. The zero-order valence-corrected chi connectivity index (χ0v) is 9.61. The van der Waals surface area contributed by atoms with Crippen LogP contribution in [-0.2, 0) is 0 Å². The molecule has 2 rings (SSSR count). The highest BCUT2D eigenvalue weighted by Crippen LogP contribution is 2.23. The molecule has 0 aromatic carbocycles. The third-order valence-electron chi connectivity index (χ3n) is 2.62. The smallest absolute Gasteiger partial charge is 0.257 e. The number of hydrogen-bond acceptors (Lipinski definition) is 4. The molecule has 0 spiro atoms. The largest absolute Gasteiger partial charge is 0.488 e. The van der Waals surface area contributed by atoms with Crippen LogP contribution in [0.3, 0.4) is 0 Å². The molecule has 1 atom stereocenters. The molecule has 4 nitrogen and oxygen atoms in total. The summed E-state index contributed by atoms with van der Waals surface area (Å²) in [6, 6.07) is 4.19. The molecule has 88 valence electrons. The van der Waals surface area contributed by atoms with Crippen molar-refractivity contribution in [2.24, 2.45) is 0 Å². The SMILES string of the molecule is CCOc1cccnc1OCC1CCCN1. The number of rotatable bonds is 5. The molecule has 1 aromatic rings. The summed E-state index contributed by atoms with van der Waals surface area (Å²) >= 11 is 0. The lowest BCUT2D eigenvalue weighted by Crippen LogP contribution is -2.28. The van der Waals surface area contributed by atoms with Gasteiger partial charge in [-0.15, -0.1) is 0 Å². The standard InChI is InChI=1S/C12H18N2O2/c1-2-15-11-6-4-8-14-12(11)16-9-10-5-3-7-13-10/h4,6,8,10,13H,2-3,5,7,9H2,1H3. The molecule has 1 N–H and O–H groups in total. The average molecular weight is 222 g/mol. The van der Waals surface area contributed by atoms with Crippen molar-refractivity contribution < 1.29 is 9.47 Å². The maximum atomic E-state index is 5.68. The van der Waals surface area contributed by atoms with Crippen LogP contribution in [0.25, 0.3) is 0 Å². The summed E-state index contributed by atoms with van der Waals surface area (Å²) in [5.74, 6) is 1.32. The Hall–Kier alpha value is -1.29. The van der Waals surface area contributed by atoms with Crippen molar-refractivity contribution in [2.45, 2.75) is 25.8 Å². The Kier molecular flexibility index (Phi) is 3.99. The van der Waals surface area contributed by atoms with E-state index in [0.717, 1.165) is 12.3 Å². The maximum Gasteiger partial charge on any atom is 0.257 e. The van der Waals surface area contributed by atoms with E-state index in [1.807, 2.05) is 19.1 Å². The van der Waals surface area contributed by atoms with E-state index in [1.165, 1.54) is 12.8 Å². The second kappa shape index (κ2) is 5.70. The Balaban J connectivity index is 1.91. The lowest BCUT2D eigenvalue weighted by Gasteiger charge is -2.13. The second-order valence-corrected chi connectivity index (χ2v) is 3.84. The van der Waals surface area contributed by atoms with E-state index in [1.54, 1.807) is 6.20 Å². The summed E-state index contributed by atoms with van der Waals surface area (Å²) in [5, 5.41) is 3.38. The number of pyridine rings is 1. The highest BCUT2D eigenvalue weighted by molar-refractivity contribution is 5.32.